The Morgan fingerprint density at radius 1 is 0.857 bits per heavy atom. The summed E-state index contributed by atoms with van der Waals surface area (Å²) >= 11 is 6.33. The SMILES string of the molecule is Clc1ccccc1N1CCN(C2C[C@H]3CC[C@H](C2)C3)CC1. The predicted molar refractivity (Wildman–Crippen MR) is 89.1 cm³/mol. The molecule has 0 aromatic heterocycles. The molecule has 2 saturated carbocycles. The van der Waals surface area contributed by atoms with Crippen LogP contribution in [0.2, 0.25) is 5.02 Å². The average Bonchev–Trinajstić information content (AvgIpc) is 2.86. The first-order valence-corrected chi connectivity index (χ1v) is 8.91. The molecular weight excluding hydrogens is 280 g/mol. The summed E-state index contributed by atoms with van der Waals surface area (Å²) in [4.78, 5) is 5.22. The van der Waals surface area contributed by atoms with Crippen molar-refractivity contribution in [3.63, 3.8) is 0 Å². The summed E-state index contributed by atoms with van der Waals surface area (Å²) in [5.41, 5.74) is 1.21. The molecule has 0 radical (unpaired) electrons. The maximum atomic E-state index is 6.33. The van der Waals surface area contributed by atoms with Gasteiger partial charge >= 0.3 is 0 Å². The molecule has 4 rings (SSSR count). The molecule has 2 nitrogen and oxygen atoms in total. The molecule has 0 spiro atoms. The number of benzene rings is 1. The van der Waals surface area contributed by atoms with Gasteiger partial charge in [-0.1, -0.05) is 36.6 Å². The summed E-state index contributed by atoms with van der Waals surface area (Å²) in [6, 6.07) is 9.12. The van der Waals surface area contributed by atoms with Crippen LogP contribution >= 0.6 is 11.6 Å². The van der Waals surface area contributed by atoms with E-state index in [1.165, 1.54) is 50.9 Å². The normalized spacial score (nSPS) is 33.4. The van der Waals surface area contributed by atoms with E-state index in [0.29, 0.717) is 0 Å². The van der Waals surface area contributed by atoms with Crippen LogP contribution < -0.4 is 4.90 Å². The quantitative estimate of drug-likeness (QED) is 0.813. The zero-order valence-corrected chi connectivity index (χ0v) is 13.4. The molecule has 21 heavy (non-hydrogen) atoms. The molecule has 1 aromatic carbocycles. The van der Waals surface area contributed by atoms with Crippen molar-refractivity contribution in [2.75, 3.05) is 31.1 Å². The van der Waals surface area contributed by atoms with Crippen LogP contribution in [-0.4, -0.2) is 37.1 Å². The van der Waals surface area contributed by atoms with E-state index >= 15 is 0 Å². The first kappa shape index (κ1) is 13.9. The van der Waals surface area contributed by atoms with Gasteiger partial charge in [0, 0.05) is 32.2 Å². The van der Waals surface area contributed by atoms with Crippen molar-refractivity contribution in [1.82, 2.24) is 4.90 Å². The number of hydrogen-bond donors (Lipinski definition) is 0. The number of halogens is 1. The van der Waals surface area contributed by atoms with Gasteiger partial charge in [-0.2, -0.15) is 0 Å². The van der Waals surface area contributed by atoms with Crippen molar-refractivity contribution in [2.45, 2.75) is 38.1 Å². The molecular formula is C18H25ClN2. The largest absolute Gasteiger partial charge is 0.368 e. The van der Waals surface area contributed by atoms with Crippen molar-refractivity contribution < 1.29 is 0 Å². The van der Waals surface area contributed by atoms with Crippen molar-refractivity contribution in [2.24, 2.45) is 11.8 Å². The van der Waals surface area contributed by atoms with E-state index in [2.05, 4.69) is 21.9 Å². The van der Waals surface area contributed by atoms with Gasteiger partial charge in [0.15, 0.2) is 0 Å². The summed E-state index contributed by atoms with van der Waals surface area (Å²) in [7, 11) is 0. The second kappa shape index (κ2) is 5.81. The molecule has 114 valence electrons. The Morgan fingerprint density at radius 3 is 2.19 bits per heavy atom. The number of hydrogen-bond acceptors (Lipinski definition) is 2. The van der Waals surface area contributed by atoms with Crippen LogP contribution in [0.3, 0.4) is 0 Å². The third kappa shape index (κ3) is 2.80. The Labute approximate surface area is 133 Å². The lowest BCUT2D eigenvalue weighted by molar-refractivity contribution is 0.119. The highest BCUT2D eigenvalue weighted by molar-refractivity contribution is 6.33. The Morgan fingerprint density at radius 2 is 1.52 bits per heavy atom. The highest BCUT2D eigenvalue weighted by Crippen LogP contribution is 2.43. The van der Waals surface area contributed by atoms with E-state index in [1.54, 1.807) is 0 Å². The zero-order chi connectivity index (χ0) is 14.2. The minimum Gasteiger partial charge on any atom is -0.368 e. The van der Waals surface area contributed by atoms with Crippen LogP contribution in [-0.2, 0) is 0 Å². The monoisotopic (exact) mass is 304 g/mol. The number of piperazine rings is 1. The Hall–Kier alpha value is -0.730. The van der Waals surface area contributed by atoms with E-state index in [4.69, 9.17) is 11.6 Å². The van der Waals surface area contributed by atoms with Crippen LogP contribution in [0.15, 0.2) is 24.3 Å². The van der Waals surface area contributed by atoms with Crippen LogP contribution in [0.1, 0.15) is 32.1 Å². The Kier molecular flexibility index (Phi) is 3.85. The van der Waals surface area contributed by atoms with Gasteiger partial charge in [-0.05, 0) is 43.2 Å². The lowest BCUT2D eigenvalue weighted by Gasteiger charge is -2.43. The first-order chi connectivity index (χ1) is 10.3. The molecule has 1 aromatic rings. The maximum absolute atomic E-state index is 6.33. The van der Waals surface area contributed by atoms with Gasteiger partial charge in [-0.3, -0.25) is 4.90 Å². The number of rotatable bonds is 2. The van der Waals surface area contributed by atoms with Crippen molar-refractivity contribution in [1.29, 1.82) is 0 Å². The highest BCUT2D eigenvalue weighted by atomic mass is 35.5. The van der Waals surface area contributed by atoms with Crippen molar-refractivity contribution >= 4 is 17.3 Å². The van der Waals surface area contributed by atoms with Crippen molar-refractivity contribution in [3.05, 3.63) is 29.3 Å². The molecule has 0 unspecified atom stereocenters. The second-order valence-corrected chi connectivity index (χ2v) is 7.55. The van der Waals surface area contributed by atoms with E-state index < -0.39 is 0 Å². The Balaban J connectivity index is 1.38. The van der Waals surface area contributed by atoms with E-state index in [1.807, 2.05) is 12.1 Å². The average molecular weight is 305 g/mol. The third-order valence-electron chi connectivity index (χ3n) is 5.88. The van der Waals surface area contributed by atoms with Gasteiger partial charge in [0.05, 0.1) is 10.7 Å². The maximum Gasteiger partial charge on any atom is 0.0639 e. The lowest BCUT2D eigenvalue weighted by atomic mass is 9.84. The molecule has 2 aliphatic carbocycles. The topological polar surface area (TPSA) is 6.48 Å². The fourth-order valence-corrected chi connectivity index (χ4v) is 5.06. The summed E-state index contributed by atoms with van der Waals surface area (Å²) in [5, 5.41) is 0.890. The number of fused-ring (bicyclic) bond motifs is 2. The molecule has 0 N–H and O–H groups in total. The summed E-state index contributed by atoms with van der Waals surface area (Å²) in [6.45, 7) is 4.65. The number of anilines is 1. The first-order valence-electron chi connectivity index (χ1n) is 8.53. The second-order valence-electron chi connectivity index (χ2n) is 7.14. The summed E-state index contributed by atoms with van der Waals surface area (Å²) in [5.74, 6) is 2.07. The molecule has 2 atom stereocenters. The summed E-state index contributed by atoms with van der Waals surface area (Å²) < 4.78 is 0. The summed E-state index contributed by atoms with van der Waals surface area (Å²) in [6.07, 6.45) is 7.45. The van der Waals surface area contributed by atoms with Crippen molar-refractivity contribution in [3.8, 4) is 0 Å². The minimum atomic E-state index is 0.865. The van der Waals surface area contributed by atoms with Gasteiger partial charge < -0.3 is 4.90 Å². The smallest absolute Gasteiger partial charge is 0.0639 e. The minimum absolute atomic E-state index is 0.865. The van der Waals surface area contributed by atoms with Gasteiger partial charge in [0.25, 0.3) is 0 Å². The van der Waals surface area contributed by atoms with Crippen LogP contribution in [0.5, 0.6) is 0 Å². The van der Waals surface area contributed by atoms with Crippen LogP contribution in [0.4, 0.5) is 5.69 Å². The Bertz CT molecular complexity index is 484. The third-order valence-corrected chi connectivity index (χ3v) is 6.20. The molecule has 3 heteroatoms. The molecule has 1 saturated heterocycles. The lowest BCUT2D eigenvalue weighted by Crippen LogP contribution is -2.51. The molecule has 3 fully saturated rings. The highest BCUT2D eigenvalue weighted by Gasteiger charge is 2.37. The molecule has 0 amide bonds. The molecule has 1 aliphatic heterocycles. The molecule has 3 aliphatic rings. The van der Waals surface area contributed by atoms with Gasteiger partial charge in [-0.15, -0.1) is 0 Å². The number of nitrogens with zero attached hydrogens (tertiary/aromatic N) is 2. The van der Waals surface area contributed by atoms with E-state index in [9.17, 15) is 0 Å². The standard InChI is InChI=1S/C18H25ClN2/c19-17-3-1-2-4-18(17)21-9-7-20(8-10-21)16-12-14-5-6-15(11-14)13-16/h1-4,14-16H,5-13H2/t14-,15-/m0/s1. The fourth-order valence-electron chi connectivity index (χ4n) is 4.81. The predicted octanol–water partition coefficient (Wildman–Crippen LogP) is 4.04. The number of para-hydroxylation sites is 1. The fraction of sp³-hybridized carbons (Fsp3) is 0.667. The molecule has 1 heterocycles. The van der Waals surface area contributed by atoms with Crippen LogP contribution in [0.25, 0.3) is 0 Å². The molecule has 2 bridgehead atoms. The van der Waals surface area contributed by atoms with E-state index in [0.717, 1.165) is 36.0 Å². The van der Waals surface area contributed by atoms with Gasteiger partial charge in [-0.25, -0.2) is 0 Å². The van der Waals surface area contributed by atoms with Gasteiger partial charge in [0.1, 0.15) is 0 Å². The van der Waals surface area contributed by atoms with Gasteiger partial charge in [0.2, 0.25) is 0 Å². The van der Waals surface area contributed by atoms with Crippen LogP contribution in [0, 0.1) is 11.8 Å². The zero-order valence-electron chi connectivity index (χ0n) is 12.7. The van der Waals surface area contributed by atoms with E-state index in [-0.39, 0.29) is 0 Å².